The Balaban J connectivity index is 0.00000476. The predicted molar refractivity (Wildman–Crippen MR) is 265 cm³/mol. The number of halogens is 2. The first kappa shape index (κ1) is 53.5. The van der Waals surface area contributed by atoms with Gasteiger partial charge in [-0.25, -0.2) is 0 Å². The van der Waals surface area contributed by atoms with Crippen LogP contribution in [0.4, 0.5) is 0 Å². The molecular weight excluding hydrogens is 876 g/mol. The number of phenolic OH excluding ortho intramolecular Hbond substituents is 2. The van der Waals surface area contributed by atoms with Gasteiger partial charge in [0, 0.05) is 39.0 Å². The number of aromatic hydroxyl groups is 2. The maximum Gasteiger partial charge on any atom is 0.243 e. The summed E-state index contributed by atoms with van der Waals surface area (Å²) in [7, 11) is 0. The lowest BCUT2D eigenvalue weighted by Crippen LogP contribution is -2.56. The number of nitrogens with two attached hydrogens (primary N) is 2. The highest BCUT2D eigenvalue weighted by molar-refractivity contribution is 5.91. The standard InChI is InChI=1S/C52H68N6O6.2ClH/c1-33-23-41(59)24-34(2)43(33)29-45(53)51(63)57-31-39-19-13-11-17-37(39)27-47(57)49(61)55-21-15-9-7-5-6-8-10-16-22-56-50(62)48-28-38-18-12-14-20-40(38)32-58(48)52(64)46(54)30-44-35(3)25-42(60)26-36(44)4;;/h11-14,17-20,23-26,45-48,59-60H,5-10,15-16,21-22,27-32,53-54H2,1-4H3,(H,55,61)(H,56,62);2*1H/t45-,46-,47-,48-;;/m0../s1. The topological polar surface area (TPSA) is 191 Å². The van der Waals surface area contributed by atoms with Crippen LogP contribution in [0.2, 0.25) is 0 Å². The summed E-state index contributed by atoms with van der Waals surface area (Å²) in [4.78, 5) is 58.3. The largest absolute Gasteiger partial charge is 0.508 e. The van der Waals surface area contributed by atoms with Gasteiger partial charge in [-0.05, 0) is 133 Å². The average molecular weight is 946 g/mol. The van der Waals surface area contributed by atoms with Gasteiger partial charge in [-0.3, -0.25) is 19.2 Å². The Morgan fingerprint density at radius 1 is 0.545 bits per heavy atom. The molecule has 0 bridgehead atoms. The molecule has 0 radical (unpaired) electrons. The highest BCUT2D eigenvalue weighted by atomic mass is 35.5. The van der Waals surface area contributed by atoms with Crippen LogP contribution in [-0.2, 0) is 58.0 Å². The van der Waals surface area contributed by atoms with E-state index in [-0.39, 0.29) is 59.9 Å². The highest BCUT2D eigenvalue weighted by Crippen LogP contribution is 2.28. The Morgan fingerprint density at radius 2 is 0.848 bits per heavy atom. The summed E-state index contributed by atoms with van der Waals surface area (Å²) in [6.07, 6.45) is 9.46. The van der Waals surface area contributed by atoms with Crippen LogP contribution in [0.5, 0.6) is 11.5 Å². The molecule has 0 saturated heterocycles. The molecule has 2 heterocycles. The molecule has 6 rings (SSSR count). The van der Waals surface area contributed by atoms with Crippen molar-refractivity contribution in [2.24, 2.45) is 11.5 Å². The van der Waals surface area contributed by atoms with E-state index < -0.39 is 24.2 Å². The fourth-order valence-corrected chi connectivity index (χ4v) is 9.57. The SMILES string of the molecule is Cc1cc(O)cc(C)c1C[C@H](N)C(=O)N1Cc2ccccc2C[C@H]1C(=O)NCCCCCCCCCCNC(=O)[C@@H]1Cc2ccccc2CN1C(=O)[C@@H](N)Cc1c(C)cc(O)cc1C.Cl.Cl. The van der Waals surface area contributed by atoms with Crippen LogP contribution in [-0.4, -0.2) is 80.9 Å². The van der Waals surface area contributed by atoms with Gasteiger partial charge in [0.2, 0.25) is 23.6 Å². The van der Waals surface area contributed by atoms with Crippen molar-refractivity contribution in [1.82, 2.24) is 20.4 Å². The number of hydrogen-bond acceptors (Lipinski definition) is 8. The normalized spacial score (nSPS) is 16.2. The maximum atomic E-state index is 13.9. The van der Waals surface area contributed by atoms with E-state index >= 15 is 0 Å². The number of hydrogen-bond donors (Lipinski definition) is 6. The molecule has 4 aromatic carbocycles. The monoisotopic (exact) mass is 944 g/mol. The van der Waals surface area contributed by atoms with E-state index in [2.05, 4.69) is 10.6 Å². The lowest BCUT2D eigenvalue weighted by molar-refractivity contribution is -0.142. The molecule has 4 aromatic rings. The second-order valence-corrected chi connectivity index (χ2v) is 18.1. The van der Waals surface area contributed by atoms with Crippen molar-refractivity contribution >= 4 is 48.4 Å². The number of phenols is 2. The minimum Gasteiger partial charge on any atom is -0.508 e. The van der Waals surface area contributed by atoms with Crippen molar-refractivity contribution in [3.63, 3.8) is 0 Å². The Kier molecular flexibility index (Phi) is 20.4. The lowest BCUT2D eigenvalue weighted by Gasteiger charge is -2.37. The second-order valence-electron chi connectivity index (χ2n) is 18.1. The summed E-state index contributed by atoms with van der Waals surface area (Å²) in [5, 5.41) is 26.2. The smallest absolute Gasteiger partial charge is 0.243 e. The molecule has 0 aromatic heterocycles. The van der Waals surface area contributed by atoms with Crippen LogP contribution in [0.3, 0.4) is 0 Å². The number of nitrogens with zero attached hydrogens (tertiary/aromatic N) is 2. The highest BCUT2D eigenvalue weighted by Gasteiger charge is 2.38. The van der Waals surface area contributed by atoms with Gasteiger partial charge in [-0.15, -0.1) is 24.8 Å². The number of carbonyl (C=O) groups is 4. The van der Waals surface area contributed by atoms with Crippen LogP contribution >= 0.6 is 24.8 Å². The molecule has 12 nitrogen and oxygen atoms in total. The van der Waals surface area contributed by atoms with Gasteiger partial charge in [0.15, 0.2) is 0 Å². The molecule has 0 saturated carbocycles. The van der Waals surface area contributed by atoms with Crippen LogP contribution < -0.4 is 22.1 Å². The van der Waals surface area contributed by atoms with E-state index in [0.29, 0.717) is 51.9 Å². The van der Waals surface area contributed by atoms with Gasteiger partial charge in [-0.1, -0.05) is 87.1 Å². The van der Waals surface area contributed by atoms with Crippen molar-refractivity contribution in [3.8, 4) is 11.5 Å². The number of fused-ring (bicyclic) bond motifs is 2. The number of nitrogens with one attached hydrogen (secondary N) is 2. The van der Waals surface area contributed by atoms with Crippen molar-refractivity contribution in [2.45, 2.75) is 142 Å². The van der Waals surface area contributed by atoms with E-state index in [0.717, 1.165) is 107 Å². The third-order valence-electron chi connectivity index (χ3n) is 13.2. The van der Waals surface area contributed by atoms with E-state index in [1.807, 2.05) is 76.2 Å². The quantitative estimate of drug-likeness (QED) is 0.0549. The summed E-state index contributed by atoms with van der Waals surface area (Å²) in [6, 6.07) is 19.6. The van der Waals surface area contributed by atoms with E-state index in [9.17, 15) is 29.4 Å². The van der Waals surface area contributed by atoms with Gasteiger partial charge >= 0.3 is 0 Å². The predicted octanol–water partition coefficient (Wildman–Crippen LogP) is 6.88. The first-order chi connectivity index (χ1) is 30.7. The molecule has 4 atom stereocenters. The Hall–Kier alpha value is -5.14. The summed E-state index contributed by atoms with van der Waals surface area (Å²) in [5.74, 6) is -0.473. The number of carbonyl (C=O) groups excluding carboxylic acids is 4. The van der Waals surface area contributed by atoms with Crippen LogP contribution in [0.1, 0.15) is 107 Å². The molecule has 0 unspecified atom stereocenters. The molecule has 8 N–H and O–H groups in total. The third kappa shape index (κ3) is 13.7. The van der Waals surface area contributed by atoms with Crippen LogP contribution in [0.15, 0.2) is 72.8 Å². The minimum absolute atomic E-state index is 0. The fourth-order valence-electron chi connectivity index (χ4n) is 9.57. The zero-order valence-electron chi connectivity index (χ0n) is 38.9. The van der Waals surface area contributed by atoms with Crippen LogP contribution in [0, 0.1) is 27.7 Å². The zero-order chi connectivity index (χ0) is 45.9. The van der Waals surface area contributed by atoms with Crippen LogP contribution in [0.25, 0.3) is 0 Å². The molecular formula is C52H70Cl2N6O6. The van der Waals surface area contributed by atoms with E-state index in [1.165, 1.54) is 0 Å². The van der Waals surface area contributed by atoms with Crippen molar-refractivity contribution < 1.29 is 29.4 Å². The maximum absolute atomic E-state index is 13.9. The summed E-state index contributed by atoms with van der Waals surface area (Å²) < 4.78 is 0. The van der Waals surface area contributed by atoms with Gasteiger partial charge in [-0.2, -0.15) is 0 Å². The second kappa shape index (κ2) is 25.1. The number of unbranched alkanes of at least 4 members (excludes halogenated alkanes) is 7. The summed E-state index contributed by atoms with van der Waals surface area (Å²) >= 11 is 0. The number of amides is 4. The molecule has 2 aliphatic rings. The Labute approximate surface area is 403 Å². The average Bonchev–Trinajstić information content (AvgIpc) is 3.27. The molecule has 14 heteroatoms. The van der Waals surface area contributed by atoms with Gasteiger partial charge < -0.3 is 42.1 Å². The van der Waals surface area contributed by atoms with Crippen molar-refractivity contribution in [2.75, 3.05) is 13.1 Å². The van der Waals surface area contributed by atoms with Crippen molar-refractivity contribution in [3.05, 3.63) is 128 Å². The van der Waals surface area contributed by atoms with Gasteiger partial charge in [0.05, 0.1) is 12.1 Å². The van der Waals surface area contributed by atoms with Gasteiger partial charge in [0.1, 0.15) is 23.6 Å². The molecule has 358 valence electrons. The zero-order valence-corrected chi connectivity index (χ0v) is 40.6. The summed E-state index contributed by atoms with van der Waals surface area (Å²) in [5.41, 5.74) is 22.6. The number of benzene rings is 4. The minimum atomic E-state index is -0.826. The molecule has 2 aliphatic heterocycles. The third-order valence-corrected chi connectivity index (χ3v) is 13.2. The van der Waals surface area contributed by atoms with E-state index in [4.69, 9.17) is 11.5 Å². The van der Waals surface area contributed by atoms with E-state index in [1.54, 1.807) is 34.1 Å². The summed E-state index contributed by atoms with van der Waals surface area (Å²) in [6.45, 7) is 9.33. The molecule has 0 spiro atoms. The number of aryl methyl sites for hydroxylation is 4. The Morgan fingerprint density at radius 3 is 1.18 bits per heavy atom. The Bertz CT molecular complexity index is 2100. The number of rotatable bonds is 19. The van der Waals surface area contributed by atoms with Gasteiger partial charge in [0.25, 0.3) is 0 Å². The molecule has 0 aliphatic carbocycles. The molecule has 66 heavy (non-hydrogen) atoms. The fraction of sp³-hybridized carbons (Fsp3) is 0.462. The molecule has 4 amide bonds. The first-order valence-electron chi connectivity index (χ1n) is 23.1. The lowest BCUT2D eigenvalue weighted by atomic mass is 9.91. The first-order valence-corrected chi connectivity index (χ1v) is 23.1. The van der Waals surface area contributed by atoms with Crippen molar-refractivity contribution in [1.29, 1.82) is 0 Å². The molecule has 0 fully saturated rings.